The lowest BCUT2D eigenvalue weighted by molar-refractivity contribution is 0.0602. The van der Waals surface area contributed by atoms with E-state index in [0.29, 0.717) is 11.4 Å². The Morgan fingerprint density at radius 2 is 1.69 bits per heavy atom. The number of benzene rings is 2. The minimum Gasteiger partial charge on any atom is -0.493 e. The Kier molecular flexibility index (Phi) is 4.98. The third-order valence-corrected chi connectivity index (χ3v) is 3.72. The Labute approximate surface area is 150 Å². The van der Waals surface area contributed by atoms with Gasteiger partial charge in [0.25, 0.3) is 5.91 Å². The summed E-state index contributed by atoms with van der Waals surface area (Å²) in [5.41, 5.74) is 1.49. The van der Waals surface area contributed by atoms with Gasteiger partial charge in [0.05, 0.1) is 37.4 Å². The highest BCUT2D eigenvalue weighted by atomic mass is 16.5. The molecule has 1 aromatic heterocycles. The molecule has 0 spiro atoms. The molecule has 3 aromatic rings. The fourth-order valence-corrected chi connectivity index (χ4v) is 2.44. The number of amides is 1. The van der Waals surface area contributed by atoms with Gasteiger partial charge in [0.15, 0.2) is 11.4 Å². The van der Waals surface area contributed by atoms with Crippen molar-refractivity contribution in [2.45, 2.75) is 0 Å². The summed E-state index contributed by atoms with van der Waals surface area (Å²) < 4.78 is 11.6. The molecule has 2 aromatic carbocycles. The molecule has 7 nitrogen and oxygen atoms in total. The molecule has 0 aliphatic carbocycles. The molecule has 26 heavy (non-hydrogen) atoms. The zero-order valence-electron chi connectivity index (χ0n) is 14.3. The maximum Gasteiger partial charge on any atom is 0.339 e. The highest BCUT2D eigenvalue weighted by Gasteiger charge is 2.21. The van der Waals surface area contributed by atoms with Gasteiger partial charge in [0.2, 0.25) is 0 Å². The van der Waals surface area contributed by atoms with Gasteiger partial charge < -0.3 is 14.8 Å². The van der Waals surface area contributed by atoms with Crippen LogP contribution in [-0.4, -0.2) is 35.9 Å². The smallest absolute Gasteiger partial charge is 0.339 e. The summed E-state index contributed by atoms with van der Waals surface area (Å²) in [4.78, 5) is 24.5. The molecular weight excluding hydrogens is 334 g/mol. The molecule has 0 unspecified atom stereocenters. The third-order valence-electron chi connectivity index (χ3n) is 3.72. The summed E-state index contributed by atoms with van der Waals surface area (Å²) in [6, 6.07) is 15.9. The zero-order chi connectivity index (χ0) is 18.5. The Morgan fingerprint density at radius 3 is 2.38 bits per heavy atom. The van der Waals surface area contributed by atoms with Gasteiger partial charge in [-0.15, -0.1) is 0 Å². The summed E-state index contributed by atoms with van der Waals surface area (Å²) in [5, 5.41) is 6.99. The van der Waals surface area contributed by atoms with Crippen molar-refractivity contribution in [1.82, 2.24) is 9.78 Å². The lowest BCUT2D eigenvalue weighted by atomic mass is 10.1. The van der Waals surface area contributed by atoms with Crippen molar-refractivity contribution in [2.24, 2.45) is 0 Å². The largest absolute Gasteiger partial charge is 0.493 e. The van der Waals surface area contributed by atoms with E-state index in [-0.39, 0.29) is 11.3 Å². The van der Waals surface area contributed by atoms with Crippen molar-refractivity contribution in [3.05, 3.63) is 72.1 Å². The van der Waals surface area contributed by atoms with Gasteiger partial charge in [-0.25, -0.2) is 9.48 Å². The van der Waals surface area contributed by atoms with Gasteiger partial charge in [-0.3, -0.25) is 4.79 Å². The van der Waals surface area contributed by atoms with Crippen LogP contribution >= 0.6 is 0 Å². The van der Waals surface area contributed by atoms with Crippen LogP contribution in [0.5, 0.6) is 5.75 Å². The number of ether oxygens (including phenoxy) is 2. The van der Waals surface area contributed by atoms with Crippen LogP contribution in [0.4, 0.5) is 5.69 Å². The topological polar surface area (TPSA) is 82.5 Å². The first-order valence-corrected chi connectivity index (χ1v) is 7.82. The second-order valence-corrected chi connectivity index (χ2v) is 5.32. The SMILES string of the molecule is COC(=O)c1ccccc1NC(=O)c1nn(-c2ccccc2)cc1OC. The second kappa shape index (κ2) is 7.52. The number of aromatic nitrogens is 2. The number of nitrogens with one attached hydrogen (secondary N) is 1. The molecule has 0 saturated heterocycles. The molecule has 0 aliphatic heterocycles. The number of anilines is 1. The number of esters is 1. The predicted octanol–water partition coefficient (Wildman–Crippen LogP) is 2.92. The van der Waals surface area contributed by atoms with Crippen molar-refractivity contribution in [2.75, 3.05) is 19.5 Å². The van der Waals surface area contributed by atoms with Crippen molar-refractivity contribution in [3.8, 4) is 11.4 Å². The fourth-order valence-electron chi connectivity index (χ4n) is 2.44. The number of hydrogen-bond acceptors (Lipinski definition) is 5. The third kappa shape index (κ3) is 3.41. The van der Waals surface area contributed by atoms with E-state index >= 15 is 0 Å². The van der Waals surface area contributed by atoms with Crippen LogP contribution in [0.15, 0.2) is 60.8 Å². The highest BCUT2D eigenvalue weighted by molar-refractivity contribution is 6.08. The first kappa shape index (κ1) is 17.2. The average molecular weight is 351 g/mol. The molecule has 1 N–H and O–H groups in total. The minimum atomic E-state index is -0.539. The van der Waals surface area contributed by atoms with Crippen molar-refractivity contribution >= 4 is 17.6 Å². The Morgan fingerprint density at radius 1 is 1.00 bits per heavy atom. The summed E-state index contributed by atoms with van der Waals surface area (Å²) >= 11 is 0. The maximum atomic E-state index is 12.7. The Hall–Kier alpha value is -3.61. The van der Waals surface area contributed by atoms with Crippen LogP contribution in [0.1, 0.15) is 20.8 Å². The van der Waals surface area contributed by atoms with Gasteiger partial charge in [-0.1, -0.05) is 30.3 Å². The van der Waals surface area contributed by atoms with E-state index in [1.54, 1.807) is 35.1 Å². The minimum absolute atomic E-state index is 0.107. The lowest BCUT2D eigenvalue weighted by Gasteiger charge is -2.09. The first-order chi connectivity index (χ1) is 12.6. The van der Waals surface area contributed by atoms with Crippen LogP contribution in [-0.2, 0) is 4.74 Å². The maximum absolute atomic E-state index is 12.7. The van der Waals surface area contributed by atoms with Gasteiger partial charge in [-0.05, 0) is 24.3 Å². The molecule has 0 fully saturated rings. The van der Waals surface area contributed by atoms with E-state index in [0.717, 1.165) is 5.69 Å². The standard InChI is InChI=1S/C19H17N3O4/c1-25-16-12-22(13-8-4-3-5-9-13)21-17(16)18(23)20-15-11-7-6-10-14(15)19(24)26-2/h3-12H,1-2H3,(H,20,23). The Balaban J connectivity index is 1.92. The molecule has 0 bridgehead atoms. The normalized spacial score (nSPS) is 10.2. The van der Waals surface area contributed by atoms with Crippen molar-refractivity contribution in [3.63, 3.8) is 0 Å². The summed E-state index contributed by atoms with van der Waals surface area (Å²) in [6.07, 6.45) is 1.62. The number of hydrogen-bond donors (Lipinski definition) is 1. The molecule has 0 aliphatic rings. The lowest BCUT2D eigenvalue weighted by Crippen LogP contribution is -2.17. The van der Waals surface area contributed by atoms with Crippen LogP contribution < -0.4 is 10.1 Å². The van der Waals surface area contributed by atoms with E-state index < -0.39 is 11.9 Å². The average Bonchev–Trinajstić information content (AvgIpc) is 3.13. The van der Waals surface area contributed by atoms with Gasteiger partial charge in [0, 0.05) is 0 Å². The van der Waals surface area contributed by atoms with E-state index in [1.165, 1.54) is 14.2 Å². The monoisotopic (exact) mass is 351 g/mol. The number of rotatable bonds is 5. The fraction of sp³-hybridized carbons (Fsp3) is 0.105. The molecule has 1 amide bonds. The highest BCUT2D eigenvalue weighted by Crippen LogP contribution is 2.22. The van der Waals surface area contributed by atoms with Crippen LogP contribution in [0.2, 0.25) is 0 Å². The van der Waals surface area contributed by atoms with Crippen LogP contribution in [0.25, 0.3) is 5.69 Å². The molecule has 7 heteroatoms. The van der Waals surface area contributed by atoms with Crippen molar-refractivity contribution in [1.29, 1.82) is 0 Å². The number of methoxy groups -OCH3 is 2. The molecular formula is C19H17N3O4. The summed E-state index contributed by atoms with van der Waals surface area (Å²) in [6.45, 7) is 0. The summed E-state index contributed by atoms with van der Waals surface area (Å²) in [7, 11) is 2.75. The molecule has 0 atom stereocenters. The number of carbonyl (C=O) groups excluding carboxylic acids is 2. The molecule has 0 saturated carbocycles. The quantitative estimate of drug-likeness (QED) is 0.715. The number of para-hydroxylation sites is 2. The van der Waals surface area contributed by atoms with Crippen LogP contribution in [0, 0.1) is 0 Å². The van der Waals surface area contributed by atoms with E-state index in [2.05, 4.69) is 10.4 Å². The molecule has 3 rings (SSSR count). The second-order valence-electron chi connectivity index (χ2n) is 5.32. The van der Waals surface area contributed by atoms with Gasteiger partial charge in [0.1, 0.15) is 0 Å². The number of nitrogens with zero attached hydrogens (tertiary/aromatic N) is 2. The Bertz CT molecular complexity index is 935. The van der Waals surface area contributed by atoms with E-state index in [9.17, 15) is 9.59 Å². The zero-order valence-corrected chi connectivity index (χ0v) is 14.3. The number of carbonyl (C=O) groups is 2. The van der Waals surface area contributed by atoms with E-state index in [1.807, 2.05) is 30.3 Å². The van der Waals surface area contributed by atoms with Gasteiger partial charge in [-0.2, -0.15) is 5.10 Å². The molecule has 0 radical (unpaired) electrons. The molecule has 132 valence electrons. The predicted molar refractivity (Wildman–Crippen MR) is 95.9 cm³/mol. The van der Waals surface area contributed by atoms with Crippen molar-refractivity contribution < 1.29 is 19.1 Å². The summed E-state index contributed by atoms with van der Waals surface area (Å²) in [5.74, 6) is -0.711. The van der Waals surface area contributed by atoms with Crippen LogP contribution in [0.3, 0.4) is 0 Å². The first-order valence-electron chi connectivity index (χ1n) is 7.82. The van der Waals surface area contributed by atoms with Gasteiger partial charge >= 0.3 is 5.97 Å². The molecule has 1 heterocycles. The van der Waals surface area contributed by atoms with E-state index in [4.69, 9.17) is 9.47 Å².